The van der Waals surface area contributed by atoms with Gasteiger partial charge in [-0.25, -0.2) is 4.98 Å². The van der Waals surface area contributed by atoms with Crippen LogP contribution in [0.5, 0.6) is 0 Å². The van der Waals surface area contributed by atoms with Crippen LogP contribution in [0.3, 0.4) is 0 Å². The molecule has 0 aliphatic heterocycles. The molecule has 0 amide bonds. The predicted octanol–water partition coefficient (Wildman–Crippen LogP) is 3.66. The van der Waals surface area contributed by atoms with Crippen molar-refractivity contribution in [2.45, 2.75) is 31.2 Å². The summed E-state index contributed by atoms with van der Waals surface area (Å²) in [6, 6.07) is 13.0. The fourth-order valence-corrected chi connectivity index (χ4v) is 3.70. The maximum atomic E-state index is 13.2. The molecule has 5 nitrogen and oxygen atoms in total. The first-order chi connectivity index (χ1) is 12.4. The highest BCUT2D eigenvalue weighted by Gasteiger charge is 2.21. The van der Waals surface area contributed by atoms with Gasteiger partial charge in [-0.1, -0.05) is 36.0 Å². The van der Waals surface area contributed by atoms with Gasteiger partial charge in [0.15, 0.2) is 5.16 Å². The minimum Gasteiger partial charge on any atom is -0.468 e. The van der Waals surface area contributed by atoms with Crippen LogP contribution >= 0.6 is 11.8 Å². The zero-order valence-electron chi connectivity index (χ0n) is 15.1. The summed E-state index contributed by atoms with van der Waals surface area (Å²) >= 11 is 1.22. The maximum Gasteiger partial charge on any atom is 0.318 e. The van der Waals surface area contributed by atoms with Gasteiger partial charge in [-0.3, -0.25) is 14.2 Å². The molecule has 0 saturated carbocycles. The van der Waals surface area contributed by atoms with Gasteiger partial charge in [0.05, 0.1) is 23.7 Å². The van der Waals surface area contributed by atoms with Crippen molar-refractivity contribution in [3.63, 3.8) is 0 Å². The van der Waals surface area contributed by atoms with E-state index in [1.807, 2.05) is 44.2 Å². The summed E-state index contributed by atoms with van der Waals surface area (Å²) in [5, 5.41) is 0.535. The van der Waals surface area contributed by atoms with E-state index in [-0.39, 0.29) is 11.5 Å². The number of benzene rings is 2. The third-order valence-corrected chi connectivity index (χ3v) is 5.41. The van der Waals surface area contributed by atoms with E-state index in [1.165, 1.54) is 18.9 Å². The van der Waals surface area contributed by atoms with Gasteiger partial charge in [0.1, 0.15) is 5.25 Å². The van der Waals surface area contributed by atoms with E-state index in [9.17, 15) is 9.59 Å². The molecule has 0 fully saturated rings. The molecule has 0 bridgehead atoms. The number of carbonyl (C=O) groups excluding carboxylic acids is 1. The molecule has 0 aliphatic carbocycles. The summed E-state index contributed by atoms with van der Waals surface area (Å²) in [5.74, 6) is -0.357. The fourth-order valence-electron chi connectivity index (χ4n) is 2.75. The average molecular weight is 368 g/mol. The average Bonchev–Trinajstić information content (AvgIpc) is 2.64. The molecular formula is C20H20N2O3S. The molecule has 3 rings (SSSR count). The van der Waals surface area contributed by atoms with Gasteiger partial charge in [-0.05, 0) is 50.1 Å². The van der Waals surface area contributed by atoms with Crippen molar-refractivity contribution in [3.8, 4) is 5.69 Å². The van der Waals surface area contributed by atoms with Crippen molar-refractivity contribution in [2.24, 2.45) is 0 Å². The monoisotopic (exact) mass is 368 g/mol. The van der Waals surface area contributed by atoms with Gasteiger partial charge in [0.25, 0.3) is 5.56 Å². The Balaban J connectivity index is 2.29. The lowest BCUT2D eigenvalue weighted by Crippen LogP contribution is -2.24. The van der Waals surface area contributed by atoms with Crippen molar-refractivity contribution < 1.29 is 9.53 Å². The number of carbonyl (C=O) groups is 1. The molecule has 1 aromatic heterocycles. The fraction of sp³-hybridized carbons (Fsp3) is 0.250. The van der Waals surface area contributed by atoms with E-state index in [2.05, 4.69) is 4.98 Å². The summed E-state index contributed by atoms with van der Waals surface area (Å²) in [4.78, 5) is 29.8. The topological polar surface area (TPSA) is 61.2 Å². The summed E-state index contributed by atoms with van der Waals surface area (Å²) in [5.41, 5.74) is 3.31. The number of aromatic nitrogens is 2. The number of rotatable bonds is 4. The Kier molecular flexibility index (Phi) is 5.13. The van der Waals surface area contributed by atoms with Crippen LogP contribution < -0.4 is 5.56 Å². The molecule has 2 aromatic carbocycles. The molecule has 3 aromatic rings. The Hall–Kier alpha value is -2.60. The van der Waals surface area contributed by atoms with Gasteiger partial charge in [-0.15, -0.1) is 0 Å². The minimum absolute atomic E-state index is 0.149. The van der Waals surface area contributed by atoms with Crippen LogP contribution in [0, 0.1) is 13.8 Å². The standard InChI is InChI=1S/C20H20N2O3S/c1-12-8-7-11-17(13(12)2)22-18(23)15-9-5-6-10-16(15)21-20(22)26-14(3)19(24)25-4/h5-11,14H,1-4H3/t14-/m0/s1. The molecule has 1 heterocycles. The Morgan fingerprint density at radius 3 is 2.62 bits per heavy atom. The number of hydrogen-bond acceptors (Lipinski definition) is 5. The van der Waals surface area contributed by atoms with Crippen molar-refractivity contribution in [1.82, 2.24) is 9.55 Å². The number of hydrogen-bond donors (Lipinski definition) is 0. The Labute approximate surface area is 156 Å². The molecule has 1 atom stereocenters. The van der Waals surface area contributed by atoms with Crippen LogP contribution in [-0.2, 0) is 9.53 Å². The molecule has 0 unspecified atom stereocenters. The molecule has 0 spiro atoms. The molecule has 0 radical (unpaired) electrons. The van der Waals surface area contributed by atoms with E-state index >= 15 is 0 Å². The van der Waals surface area contributed by atoms with Gasteiger partial charge >= 0.3 is 5.97 Å². The lowest BCUT2D eigenvalue weighted by atomic mass is 10.1. The lowest BCUT2D eigenvalue weighted by Gasteiger charge is -2.17. The van der Waals surface area contributed by atoms with E-state index in [4.69, 9.17) is 4.74 Å². The molecule has 0 aliphatic rings. The molecule has 0 saturated heterocycles. The third kappa shape index (κ3) is 3.24. The second-order valence-corrected chi connectivity index (χ2v) is 7.36. The van der Waals surface area contributed by atoms with Crippen molar-refractivity contribution >= 4 is 28.6 Å². The number of ether oxygens (including phenoxy) is 1. The van der Waals surface area contributed by atoms with Crippen LogP contribution in [0.4, 0.5) is 0 Å². The highest BCUT2D eigenvalue weighted by atomic mass is 32.2. The van der Waals surface area contributed by atoms with E-state index in [1.54, 1.807) is 23.6 Å². The van der Waals surface area contributed by atoms with Gasteiger partial charge in [0.2, 0.25) is 0 Å². The van der Waals surface area contributed by atoms with Crippen molar-refractivity contribution in [2.75, 3.05) is 7.11 Å². The highest BCUT2D eigenvalue weighted by molar-refractivity contribution is 8.00. The number of esters is 1. The summed E-state index contributed by atoms with van der Waals surface area (Å²) in [7, 11) is 1.35. The number of thioether (sulfide) groups is 1. The predicted molar refractivity (Wildman–Crippen MR) is 104 cm³/mol. The molecule has 6 heteroatoms. The van der Waals surface area contributed by atoms with E-state index < -0.39 is 5.25 Å². The summed E-state index contributed by atoms with van der Waals surface area (Å²) < 4.78 is 6.41. The second-order valence-electron chi connectivity index (χ2n) is 6.05. The van der Waals surface area contributed by atoms with Crippen molar-refractivity contribution in [3.05, 3.63) is 63.9 Å². The minimum atomic E-state index is -0.482. The molecular weight excluding hydrogens is 348 g/mol. The largest absolute Gasteiger partial charge is 0.468 e. The van der Waals surface area contributed by atoms with Crippen LogP contribution in [0.25, 0.3) is 16.6 Å². The van der Waals surface area contributed by atoms with Crippen LogP contribution in [-0.4, -0.2) is 27.9 Å². The molecule has 134 valence electrons. The van der Waals surface area contributed by atoms with Gasteiger partial charge in [0, 0.05) is 0 Å². The van der Waals surface area contributed by atoms with Crippen LogP contribution in [0.2, 0.25) is 0 Å². The quantitative estimate of drug-likeness (QED) is 0.400. The third-order valence-electron chi connectivity index (χ3n) is 4.38. The second kappa shape index (κ2) is 7.33. The van der Waals surface area contributed by atoms with Crippen LogP contribution in [0.1, 0.15) is 18.1 Å². The van der Waals surface area contributed by atoms with Crippen LogP contribution in [0.15, 0.2) is 52.4 Å². The summed E-state index contributed by atoms with van der Waals surface area (Å²) in [6.45, 7) is 5.72. The SMILES string of the molecule is COC(=O)[C@H](C)Sc1nc2ccccc2c(=O)n1-c1cccc(C)c1C. The normalized spacial score (nSPS) is 12.2. The Morgan fingerprint density at radius 2 is 1.88 bits per heavy atom. The first-order valence-electron chi connectivity index (χ1n) is 8.27. The zero-order valence-corrected chi connectivity index (χ0v) is 16.0. The van der Waals surface area contributed by atoms with E-state index in [0.717, 1.165) is 16.8 Å². The number of methoxy groups -OCH3 is 1. The number of fused-ring (bicyclic) bond motifs is 1. The van der Waals surface area contributed by atoms with Gasteiger partial charge < -0.3 is 4.74 Å². The number of aryl methyl sites for hydroxylation is 1. The molecule has 26 heavy (non-hydrogen) atoms. The summed E-state index contributed by atoms with van der Waals surface area (Å²) in [6.07, 6.45) is 0. The highest BCUT2D eigenvalue weighted by Crippen LogP contribution is 2.27. The first kappa shape index (κ1) is 18.2. The maximum absolute atomic E-state index is 13.2. The lowest BCUT2D eigenvalue weighted by molar-refractivity contribution is -0.139. The molecule has 0 N–H and O–H groups in total. The smallest absolute Gasteiger partial charge is 0.318 e. The van der Waals surface area contributed by atoms with E-state index in [0.29, 0.717) is 16.1 Å². The Morgan fingerprint density at radius 1 is 1.15 bits per heavy atom. The van der Waals surface area contributed by atoms with Crippen molar-refractivity contribution in [1.29, 1.82) is 0 Å². The first-order valence-corrected chi connectivity index (χ1v) is 9.15. The Bertz CT molecular complexity index is 1040. The zero-order chi connectivity index (χ0) is 18.8. The number of nitrogens with zero attached hydrogens (tertiary/aromatic N) is 2. The van der Waals surface area contributed by atoms with Gasteiger partial charge in [-0.2, -0.15) is 0 Å². The number of para-hydroxylation sites is 1.